The Balaban J connectivity index is 1.86. The standard InChI is InChI=1S/C44H70N2O14S/c1-10-13-31-19-25(2)18-26(3)20-37(57-8)40-38(58-9)22-28(5)44(60-40,45-61(53,54)55)41(50)42(51)46-17-12-11-14-32(46)43(52)59-39(29(6)34(48)24-35(31)49)27(4)21-30-15-16-33(47)36(23-30)56-7/h10,19,21,26,28-34,36-40,45,47-48H,1,11-18,20,22-24H2,2-9H3,(H,53,54,55)/b25-19+,27-21+/t26-,28+,29+,30-,31+,32-,33+,34-,36+,37-,38-,39+,40+,44+/m0/s1. The van der Waals surface area contributed by atoms with Crippen LogP contribution in [-0.4, -0.2) is 134 Å². The number of amides is 1. The minimum absolute atomic E-state index is 0.0191. The number of carbonyl (C=O) groups excluding carboxylic acids is 4. The van der Waals surface area contributed by atoms with Gasteiger partial charge in [0.25, 0.3) is 11.7 Å². The Labute approximate surface area is 361 Å². The van der Waals surface area contributed by atoms with E-state index in [0.29, 0.717) is 56.9 Å². The van der Waals surface area contributed by atoms with E-state index < -0.39 is 100 Å². The fourth-order valence-corrected chi connectivity index (χ4v) is 10.5. The Bertz CT molecular complexity index is 1730. The molecule has 3 heterocycles. The number of hydrogen-bond donors (Lipinski definition) is 4. The molecule has 4 rings (SSSR count). The molecule has 3 aliphatic heterocycles. The summed E-state index contributed by atoms with van der Waals surface area (Å²) < 4.78 is 67.4. The number of cyclic esters (lactones) is 1. The summed E-state index contributed by atoms with van der Waals surface area (Å²) in [5.41, 5.74) is -1.14. The van der Waals surface area contributed by atoms with E-state index in [4.69, 9.17) is 23.7 Å². The van der Waals surface area contributed by atoms with E-state index in [9.17, 15) is 42.4 Å². The Kier molecular flexibility index (Phi) is 18.4. The number of carbonyl (C=O) groups is 4. The number of aliphatic hydroxyl groups is 2. The lowest BCUT2D eigenvalue weighted by molar-refractivity contribution is -0.238. The average Bonchev–Trinajstić information content (AvgIpc) is 3.21. The molecule has 3 fully saturated rings. The van der Waals surface area contributed by atoms with Crippen LogP contribution >= 0.6 is 0 Å². The summed E-state index contributed by atoms with van der Waals surface area (Å²) in [5.74, 6) is -6.27. The van der Waals surface area contributed by atoms with Crippen LogP contribution in [0, 0.1) is 29.6 Å². The topological polar surface area (TPSA) is 225 Å². The second-order valence-corrected chi connectivity index (χ2v) is 19.0. The molecule has 0 spiro atoms. The number of allylic oxidation sites excluding steroid dienone is 4. The van der Waals surface area contributed by atoms with Crippen molar-refractivity contribution in [2.24, 2.45) is 29.6 Å². The molecule has 2 saturated heterocycles. The molecule has 4 aliphatic rings. The summed E-state index contributed by atoms with van der Waals surface area (Å²) in [5, 5.41) is 22.2. The van der Waals surface area contributed by atoms with Gasteiger partial charge in [0.2, 0.25) is 5.72 Å². The van der Waals surface area contributed by atoms with Crippen LogP contribution in [0.25, 0.3) is 0 Å². The Hall–Kier alpha value is -2.87. The molecule has 0 unspecified atom stereocenters. The minimum atomic E-state index is -5.19. The Morgan fingerprint density at radius 2 is 1.61 bits per heavy atom. The number of hydrogen-bond acceptors (Lipinski definition) is 13. The molecule has 61 heavy (non-hydrogen) atoms. The van der Waals surface area contributed by atoms with Gasteiger partial charge in [0.1, 0.15) is 24.0 Å². The highest BCUT2D eigenvalue weighted by atomic mass is 32.2. The maximum atomic E-state index is 14.7. The molecule has 1 amide bonds. The first-order valence-electron chi connectivity index (χ1n) is 21.6. The van der Waals surface area contributed by atoms with E-state index in [2.05, 4.69) is 6.58 Å². The van der Waals surface area contributed by atoms with E-state index in [0.717, 1.165) is 10.5 Å². The van der Waals surface area contributed by atoms with Crippen LogP contribution in [0.15, 0.2) is 36.0 Å². The zero-order chi connectivity index (χ0) is 45.4. The van der Waals surface area contributed by atoms with Gasteiger partial charge in [-0.3, -0.25) is 18.9 Å². The quantitative estimate of drug-likeness (QED) is 0.111. The molecule has 0 aromatic rings. The average molecular weight is 883 g/mol. The smallest absolute Gasteiger partial charge is 0.336 e. The predicted octanol–water partition coefficient (Wildman–Crippen LogP) is 4.04. The van der Waals surface area contributed by atoms with Gasteiger partial charge in [-0.15, -0.1) is 6.58 Å². The van der Waals surface area contributed by atoms with Crippen LogP contribution in [0.3, 0.4) is 0 Å². The number of nitrogens with zero attached hydrogens (tertiary/aromatic N) is 1. The normalized spacial score (nSPS) is 39.3. The molecule has 4 N–H and O–H groups in total. The third-order valence-corrected chi connectivity index (χ3v) is 13.8. The van der Waals surface area contributed by atoms with E-state index in [1.165, 1.54) is 28.3 Å². The summed E-state index contributed by atoms with van der Waals surface area (Å²) in [6, 6.07) is -1.29. The molecule has 0 aromatic heterocycles. The van der Waals surface area contributed by atoms with Crippen molar-refractivity contribution in [3.05, 3.63) is 36.0 Å². The lowest BCUT2D eigenvalue weighted by atomic mass is 9.80. The number of aliphatic hydroxyl groups excluding tert-OH is 2. The number of Topliss-reactive ketones (excluding diaryl/α,β-unsaturated/α-hetero) is 2. The van der Waals surface area contributed by atoms with Crippen LogP contribution in [0.1, 0.15) is 105 Å². The zero-order valence-corrected chi connectivity index (χ0v) is 37.9. The van der Waals surface area contributed by atoms with Crippen LogP contribution in [0.5, 0.6) is 0 Å². The highest BCUT2D eigenvalue weighted by molar-refractivity contribution is 7.83. The third kappa shape index (κ3) is 12.7. The summed E-state index contributed by atoms with van der Waals surface area (Å²) >= 11 is 0. The lowest BCUT2D eigenvalue weighted by Crippen LogP contribution is -2.70. The Morgan fingerprint density at radius 1 is 0.951 bits per heavy atom. The van der Waals surface area contributed by atoms with E-state index in [1.54, 1.807) is 19.9 Å². The summed E-state index contributed by atoms with van der Waals surface area (Å²) in [7, 11) is -0.769. The second-order valence-electron chi connectivity index (χ2n) is 17.9. The highest BCUT2D eigenvalue weighted by Gasteiger charge is 2.59. The lowest BCUT2D eigenvalue weighted by Gasteiger charge is -2.49. The van der Waals surface area contributed by atoms with Crippen molar-refractivity contribution in [3.63, 3.8) is 0 Å². The van der Waals surface area contributed by atoms with Gasteiger partial charge < -0.3 is 38.8 Å². The second kappa shape index (κ2) is 22.2. The number of methoxy groups -OCH3 is 3. The number of ketones is 2. The van der Waals surface area contributed by atoms with E-state index in [-0.39, 0.29) is 43.4 Å². The van der Waals surface area contributed by atoms with E-state index >= 15 is 0 Å². The van der Waals surface area contributed by atoms with Crippen molar-refractivity contribution in [2.75, 3.05) is 27.9 Å². The van der Waals surface area contributed by atoms with Crippen molar-refractivity contribution in [1.29, 1.82) is 0 Å². The van der Waals surface area contributed by atoms with Gasteiger partial charge in [-0.05, 0) is 95.5 Å². The molecule has 0 radical (unpaired) electrons. The molecule has 346 valence electrons. The third-order valence-electron chi connectivity index (χ3n) is 13.2. The van der Waals surface area contributed by atoms with Crippen LogP contribution in [0.2, 0.25) is 0 Å². The first-order valence-corrected chi connectivity index (χ1v) is 23.1. The summed E-state index contributed by atoms with van der Waals surface area (Å²) in [4.78, 5) is 58.7. The number of fused-ring (bicyclic) bond motifs is 3. The number of nitrogens with one attached hydrogen (secondary N) is 1. The summed E-state index contributed by atoms with van der Waals surface area (Å²) in [6.45, 7) is 12.6. The first kappa shape index (κ1) is 50.8. The molecule has 14 atom stereocenters. The molecule has 0 aromatic carbocycles. The largest absolute Gasteiger partial charge is 0.456 e. The molecule has 1 aliphatic carbocycles. The SMILES string of the molecule is C=CC[C@@H]1/C=C(\C)C[C@H](C)C[C@H](OC)[C@H]2O[C@@](NS(=O)(=O)O)(C(=O)C(=O)N3CCCC[C@H]3C(=O)O[C@H](/C(C)=C/[C@@H]3CC[C@@H](O)[C@H](OC)C3)[C@H](C)[C@@H](O)CC1=O)[C@H](C)C[C@@H]2OC. The number of ether oxygens (including phenoxy) is 5. The minimum Gasteiger partial charge on any atom is -0.456 e. The molecular weight excluding hydrogens is 813 g/mol. The molecule has 17 heteroatoms. The van der Waals surface area contributed by atoms with Gasteiger partial charge in [0, 0.05) is 52.0 Å². The zero-order valence-electron chi connectivity index (χ0n) is 37.1. The van der Waals surface area contributed by atoms with Gasteiger partial charge in [0.05, 0.1) is 30.5 Å². The summed E-state index contributed by atoms with van der Waals surface area (Å²) in [6.07, 6.45) is 3.04. The van der Waals surface area contributed by atoms with Gasteiger partial charge in [0.15, 0.2) is 0 Å². The van der Waals surface area contributed by atoms with Crippen LogP contribution < -0.4 is 4.72 Å². The van der Waals surface area contributed by atoms with Gasteiger partial charge in [-0.25, -0.2) is 4.79 Å². The van der Waals surface area contributed by atoms with Gasteiger partial charge in [-0.1, -0.05) is 44.6 Å². The highest BCUT2D eigenvalue weighted by Crippen LogP contribution is 2.40. The fourth-order valence-electron chi connectivity index (χ4n) is 9.81. The van der Waals surface area contributed by atoms with Gasteiger partial charge in [-0.2, -0.15) is 13.1 Å². The predicted molar refractivity (Wildman–Crippen MR) is 225 cm³/mol. The molecular formula is C44H70N2O14S. The van der Waals surface area contributed by atoms with Crippen molar-refractivity contribution >= 4 is 33.7 Å². The number of piperidine rings is 1. The van der Waals surface area contributed by atoms with Crippen molar-refractivity contribution in [2.45, 2.75) is 160 Å². The molecule has 16 nitrogen and oxygen atoms in total. The maximum Gasteiger partial charge on any atom is 0.336 e. The van der Waals surface area contributed by atoms with Crippen molar-refractivity contribution in [3.8, 4) is 0 Å². The number of rotatable bonds is 9. The van der Waals surface area contributed by atoms with Gasteiger partial charge >= 0.3 is 16.3 Å². The maximum absolute atomic E-state index is 14.7. The van der Waals surface area contributed by atoms with Crippen molar-refractivity contribution < 1.29 is 66.0 Å². The van der Waals surface area contributed by atoms with E-state index in [1.807, 2.05) is 30.7 Å². The Morgan fingerprint density at radius 3 is 2.23 bits per heavy atom. The van der Waals surface area contributed by atoms with Crippen LogP contribution in [-0.2, 0) is 53.2 Å². The fraction of sp³-hybridized carbons (Fsp3) is 0.773. The monoisotopic (exact) mass is 882 g/mol. The molecule has 1 saturated carbocycles. The van der Waals surface area contributed by atoms with Crippen molar-refractivity contribution in [1.82, 2.24) is 9.62 Å². The molecule has 2 bridgehead atoms. The number of esters is 1. The first-order chi connectivity index (χ1) is 28.7. The van der Waals surface area contributed by atoms with Crippen LogP contribution in [0.4, 0.5) is 0 Å².